The van der Waals surface area contributed by atoms with Gasteiger partial charge in [0.25, 0.3) is 0 Å². The second-order valence-electron chi connectivity index (χ2n) is 8.36. The first-order chi connectivity index (χ1) is 13.4. The number of halogens is 1. The number of anilines is 1. The van der Waals surface area contributed by atoms with Gasteiger partial charge in [-0.2, -0.15) is 0 Å². The predicted molar refractivity (Wildman–Crippen MR) is 127 cm³/mol. The maximum atomic E-state index is 5.30. The quantitative estimate of drug-likeness (QED) is 0.303. The molecular formula is C24H33IN2O. The highest BCUT2D eigenvalue weighted by molar-refractivity contribution is 14.1. The van der Waals surface area contributed by atoms with E-state index in [2.05, 4.69) is 75.3 Å². The third kappa shape index (κ3) is 4.12. The third-order valence-corrected chi connectivity index (χ3v) is 6.44. The van der Waals surface area contributed by atoms with Crippen molar-refractivity contribution < 1.29 is 3.07 Å². The molecule has 1 heterocycles. The summed E-state index contributed by atoms with van der Waals surface area (Å²) in [6.07, 6.45) is 9.28. The largest absolute Gasteiger partial charge is 0.433 e. The van der Waals surface area contributed by atoms with Crippen molar-refractivity contribution in [3.05, 3.63) is 64.7 Å². The Bertz CT molecular complexity index is 788. The van der Waals surface area contributed by atoms with Gasteiger partial charge in [0.05, 0.1) is 5.70 Å². The van der Waals surface area contributed by atoms with E-state index >= 15 is 0 Å². The number of allylic oxidation sites excluding steroid dienone is 4. The molecule has 152 valence electrons. The lowest BCUT2D eigenvalue weighted by molar-refractivity contribution is 0.226. The zero-order valence-electron chi connectivity index (χ0n) is 17.9. The average Bonchev–Trinajstić information content (AvgIpc) is 2.94. The minimum Gasteiger partial charge on any atom is -0.433 e. The first-order valence-electron chi connectivity index (χ1n) is 10.4. The molecule has 0 saturated heterocycles. The number of benzene rings is 1. The van der Waals surface area contributed by atoms with Crippen molar-refractivity contribution in [2.75, 3.05) is 11.4 Å². The lowest BCUT2D eigenvalue weighted by Crippen LogP contribution is -2.42. The van der Waals surface area contributed by atoms with Crippen LogP contribution in [0.2, 0.25) is 0 Å². The van der Waals surface area contributed by atoms with E-state index in [4.69, 9.17) is 3.07 Å². The van der Waals surface area contributed by atoms with Crippen LogP contribution in [0.5, 0.6) is 0 Å². The van der Waals surface area contributed by atoms with Crippen LogP contribution in [0.25, 0.3) is 0 Å². The molecule has 1 aliphatic carbocycles. The van der Waals surface area contributed by atoms with E-state index in [0.29, 0.717) is 12.1 Å². The number of nitrogens with zero attached hydrogens (tertiary/aromatic N) is 2. The highest BCUT2D eigenvalue weighted by Crippen LogP contribution is 2.43. The van der Waals surface area contributed by atoms with Crippen LogP contribution in [0, 0.1) is 26.7 Å². The molecule has 2 unspecified atom stereocenters. The minimum atomic E-state index is 0.365. The first kappa shape index (κ1) is 21.3. The van der Waals surface area contributed by atoms with E-state index in [-0.39, 0.29) is 0 Å². The minimum absolute atomic E-state index is 0.365. The molecule has 1 aromatic carbocycles. The lowest BCUT2D eigenvalue weighted by Gasteiger charge is -2.37. The normalized spacial score (nSPS) is 19.9. The van der Waals surface area contributed by atoms with Crippen LogP contribution >= 0.6 is 23.0 Å². The van der Waals surface area contributed by atoms with Crippen LogP contribution in [0.1, 0.15) is 56.2 Å². The average molecular weight is 492 g/mol. The Balaban J connectivity index is 1.99. The van der Waals surface area contributed by atoms with Crippen molar-refractivity contribution in [1.82, 2.24) is 4.90 Å². The highest BCUT2D eigenvalue weighted by atomic mass is 127. The van der Waals surface area contributed by atoms with E-state index in [1.54, 1.807) is 0 Å². The number of hydrogen-bond acceptors (Lipinski definition) is 3. The van der Waals surface area contributed by atoms with Gasteiger partial charge in [0.2, 0.25) is 0 Å². The maximum Gasteiger partial charge on any atom is 0.192 e. The van der Waals surface area contributed by atoms with E-state index in [1.807, 2.05) is 23.0 Å². The molecule has 1 aromatic rings. The molecule has 3 rings (SSSR count). The molecule has 0 spiro atoms. The molecule has 3 nitrogen and oxygen atoms in total. The van der Waals surface area contributed by atoms with Gasteiger partial charge in [0.15, 0.2) is 23.0 Å². The molecule has 2 aliphatic rings. The van der Waals surface area contributed by atoms with E-state index in [0.717, 1.165) is 38.0 Å². The molecule has 0 bridgehead atoms. The summed E-state index contributed by atoms with van der Waals surface area (Å²) in [4.78, 5) is 5.26. The van der Waals surface area contributed by atoms with Gasteiger partial charge in [-0.3, -0.25) is 0 Å². The van der Waals surface area contributed by atoms with Gasteiger partial charge in [0.1, 0.15) is 11.9 Å². The van der Waals surface area contributed by atoms with Gasteiger partial charge in [0, 0.05) is 24.4 Å². The molecule has 0 radical (unpaired) electrons. The molecule has 1 aliphatic heterocycles. The number of hydrogen-bond donors (Lipinski definition) is 0. The number of rotatable bonds is 7. The topological polar surface area (TPSA) is 15.7 Å². The summed E-state index contributed by atoms with van der Waals surface area (Å²) >= 11 is 1.93. The van der Waals surface area contributed by atoms with E-state index in [9.17, 15) is 0 Å². The first-order valence-corrected chi connectivity index (χ1v) is 11.2. The van der Waals surface area contributed by atoms with Gasteiger partial charge in [-0.25, -0.2) is 0 Å². The molecular weight excluding hydrogens is 459 g/mol. The molecule has 0 saturated carbocycles. The Hall–Kier alpha value is -1.43. The SMILES string of the molecule is C=C(CC(C)CN1C2=C(C=CCC2)N(c2c(C)cc(C)cc2C)C1CC)OI. The molecule has 4 heteroatoms. The Labute approximate surface area is 184 Å². The fourth-order valence-corrected chi connectivity index (χ4v) is 5.09. The Morgan fingerprint density at radius 3 is 2.57 bits per heavy atom. The van der Waals surface area contributed by atoms with Crippen molar-refractivity contribution in [3.63, 3.8) is 0 Å². The fourth-order valence-electron chi connectivity index (χ4n) is 4.91. The van der Waals surface area contributed by atoms with Crippen LogP contribution in [0.3, 0.4) is 0 Å². The van der Waals surface area contributed by atoms with Crippen molar-refractivity contribution in [1.29, 1.82) is 0 Å². The molecule has 0 amide bonds. The van der Waals surface area contributed by atoms with Gasteiger partial charge >= 0.3 is 0 Å². The molecule has 0 fully saturated rings. The van der Waals surface area contributed by atoms with Gasteiger partial charge in [-0.05, 0) is 63.2 Å². The van der Waals surface area contributed by atoms with Gasteiger partial charge in [-0.1, -0.05) is 44.2 Å². The van der Waals surface area contributed by atoms with Crippen molar-refractivity contribution >= 4 is 28.7 Å². The molecule has 2 atom stereocenters. The zero-order chi connectivity index (χ0) is 20.4. The van der Waals surface area contributed by atoms with Crippen LogP contribution < -0.4 is 4.90 Å². The Kier molecular flexibility index (Phi) is 6.79. The Morgan fingerprint density at radius 1 is 1.29 bits per heavy atom. The molecule has 28 heavy (non-hydrogen) atoms. The second kappa shape index (κ2) is 8.93. The van der Waals surface area contributed by atoms with Crippen LogP contribution in [-0.4, -0.2) is 17.6 Å². The highest BCUT2D eigenvalue weighted by Gasteiger charge is 2.38. The monoisotopic (exact) mass is 492 g/mol. The van der Waals surface area contributed by atoms with Gasteiger partial charge in [-0.15, -0.1) is 0 Å². The second-order valence-corrected chi connectivity index (χ2v) is 8.80. The lowest BCUT2D eigenvalue weighted by atomic mass is 10.0. The van der Waals surface area contributed by atoms with Gasteiger partial charge < -0.3 is 12.9 Å². The van der Waals surface area contributed by atoms with Crippen molar-refractivity contribution in [3.8, 4) is 0 Å². The fraction of sp³-hybridized carbons (Fsp3) is 0.500. The van der Waals surface area contributed by atoms with E-state index in [1.165, 1.54) is 33.8 Å². The summed E-state index contributed by atoms with van der Waals surface area (Å²) in [6.45, 7) is 16.4. The summed E-state index contributed by atoms with van der Waals surface area (Å²) in [5.74, 6) is 1.36. The summed E-state index contributed by atoms with van der Waals surface area (Å²) in [5.41, 5.74) is 8.34. The van der Waals surface area contributed by atoms with Crippen LogP contribution in [0.4, 0.5) is 5.69 Å². The summed E-state index contributed by atoms with van der Waals surface area (Å²) in [5, 5.41) is 0. The Morgan fingerprint density at radius 2 is 1.96 bits per heavy atom. The standard InChI is InChI=1S/C24H33IN2O/c1-7-23-26(15-17(3)14-20(6)28-25)21-10-8-9-11-22(21)27(23)24-18(4)12-16(2)13-19(24)5/h9,11-13,17,23H,6-8,10,14-15H2,1-5H3. The predicted octanol–water partition coefficient (Wildman–Crippen LogP) is 6.94. The molecule has 0 aromatic heterocycles. The smallest absolute Gasteiger partial charge is 0.192 e. The van der Waals surface area contributed by atoms with Crippen LogP contribution in [0.15, 0.2) is 48.0 Å². The summed E-state index contributed by atoms with van der Waals surface area (Å²) in [6, 6.07) is 4.63. The summed E-state index contributed by atoms with van der Waals surface area (Å²) < 4.78 is 5.30. The van der Waals surface area contributed by atoms with E-state index < -0.39 is 0 Å². The maximum absolute atomic E-state index is 5.30. The zero-order valence-corrected chi connectivity index (χ0v) is 20.0. The summed E-state index contributed by atoms with van der Waals surface area (Å²) in [7, 11) is 0. The van der Waals surface area contributed by atoms with Crippen LogP contribution in [-0.2, 0) is 3.07 Å². The third-order valence-electron chi connectivity index (χ3n) is 5.82. The molecule has 0 N–H and O–H groups in total. The number of aryl methyl sites for hydroxylation is 3. The van der Waals surface area contributed by atoms with Crippen molar-refractivity contribution in [2.45, 2.75) is 66.5 Å². The van der Waals surface area contributed by atoms with Crippen molar-refractivity contribution in [2.24, 2.45) is 5.92 Å².